The fourth-order valence-corrected chi connectivity index (χ4v) is 3.52. The third kappa shape index (κ3) is 6.34. The summed E-state index contributed by atoms with van der Waals surface area (Å²) in [5.74, 6) is 0.791. The molecule has 138 valence electrons. The van der Waals surface area contributed by atoms with Crippen molar-refractivity contribution < 1.29 is 23.5 Å². The molecule has 0 unspecified atom stereocenters. The van der Waals surface area contributed by atoms with Crippen LogP contribution in [0.4, 0.5) is 0 Å². The number of halogens is 1. The number of hydrogen-bond donors (Lipinski definition) is 0. The lowest BCUT2D eigenvalue weighted by molar-refractivity contribution is -0.165. The maximum Gasteiger partial charge on any atom is 0.344 e. The van der Waals surface area contributed by atoms with E-state index < -0.39 is 11.9 Å². The first kappa shape index (κ1) is 19.8. The Hall–Kier alpha value is -1.56. The Kier molecular flexibility index (Phi) is 7.29. The van der Waals surface area contributed by atoms with Gasteiger partial charge < -0.3 is 13.9 Å². The number of ether oxygens (including phenoxy) is 2. The first-order chi connectivity index (χ1) is 11.8. The monoisotopic (exact) mass is 412 g/mol. The highest BCUT2D eigenvalue weighted by Crippen LogP contribution is 2.35. The van der Waals surface area contributed by atoms with Crippen LogP contribution in [0.2, 0.25) is 0 Å². The summed E-state index contributed by atoms with van der Waals surface area (Å²) in [4.78, 5) is 23.7. The minimum absolute atomic E-state index is 0.0917. The third-order valence-corrected chi connectivity index (χ3v) is 4.98. The van der Waals surface area contributed by atoms with Crippen molar-refractivity contribution in [2.75, 3.05) is 6.61 Å². The van der Waals surface area contributed by atoms with Crippen molar-refractivity contribution >= 4 is 33.9 Å². The maximum absolute atomic E-state index is 12.0. The van der Waals surface area contributed by atoms with Gasteiger partial charge in [-0.05, 0) is 64.7 Å². The quantitative estimate of drug-likeness (QED) is 0.504. The molecule has 25 heavy (non-hydrogen) atoms. The second-order valence-electron chi connectivity index (χ2n) is 6.94. The first-order valence-corrected chi connectivity index (χ1v) is 9.44. The van der Waals surface area contributed by atoms with E-state index in [9.17, 15) is 9.59 Å². The van der Waals surface area contributed by atoms with Gasteiger partial charge in [0.05, 0.1) is 0 Å². The summed E-state index contributed by atoms with van der Waals surface area (Å²) in [6, 6.07) is 3.43. The normalized spacial score (nSPS) is 23.8. The molecule has 5 nitrogen and oxygen atoms in total. The van der Waals surface area contributed by atoms with Gasteiger partial charge in [0, 0.05) is 6.08 Å². The zero-order chi connectivity index (χ0) is 18.4. The van der Waals surface area contributed by atoms with Crippen molar-refractivity contribution in [1.82, 2.24) is 0 Å². The van der Waals surface area contributed by atoms with Gasteiger partial charge in [-0.1, -0.05) is 27.2 Å². The standard InChI is InChI=1S/C19H25BrO5/c1-12(2)15-7-4-13(3)10-16(15)25-19(22)11-23-18(21)9-6-14-5-8-17(20)24-14/h5-6,8-9,12-13,15-16H,4,7,10-11H2,1-3H3/b9-6+/t13-,15+,16-/m1/s1. The zero-order valence-corrected chi connectivity index (χ0v) is 16.5. The summed E-state index contributed by atoms with van der Waals surface area (Å²) >= 11 is 3.18. The average Bonchev–Trinajstić information content (AvgIpc) is 2.96. The van der Waals surface area contributed by atoms with Crippen LogP contribution in [0.25, 0.3) is 6.08 Å². The summed E-state index contributed by atoms with van der Waals surface area (Å²) in [5.41, 5.74) is 0. The summed E-state index contributed by atoms with van der Waals surface area (Å²) < 4.78 is 16.3. The van der Waals surface area contributed by atoms with E-state index in [2.05, 4.69) is 36.7 Å². The highest BCUT2D eigenvalue weighted by Gasteiger charge is 2.33. The van der Waals surface area contributed by atoms with Crippen molar-refractivity contribution in [3.63, 3.8) is 0 Å². The van der Waals surface area contributed by atoms with E-state index >= 15 is 0 Å². The van der Waals surface area contributed by atoms with E-state index in [0.29, 0.717) is 28.2 Å². The fraction of sp³-hybridized carbons (Fsp3) is 0.579. The number of carbonyl (C=O) groups excluding carboxylic acids is 2. The lowest BCUT2D eigenvalue weighted by atomic mass is 9.75. The molecule has 6 heteroatoms. The number of carbonyl (C=O) groups is 2. The molecule has 0 bridgehead atoms. The van der Waals surface area contributed by atoms with Crippen LogP contribution in [0.3, 0.4) is 0 Å². The summed E-state index contributed by atoms with van der Waals surface area (Å²) in [5, 5.41) is 0. The van der Waals surface area contributed by atoms with Gasteiger partial charge in [-0.25, -0.2) is 9.59 Å². The highest BCUT2D eigenvalue weighted by molar-refractivity contribution is 9.10. The molecule has 1 saturated carbocycles. The fourth-order valence-electron chi connectivity index (χ4n) is 3.20. The van der Waals surface area contributed by atoms with Crippen molar-refractivity contribution in [3.8, 4) is 0 Å². The molecule has 1 fully saturated rings. The van der Waals surface area contributed by atoms with Gasteiger partial charge in [-0.2, -0.15) is 0 Å². The smallest absolute Gasteiger partial charge is 0.344 e. The lowest BCUT2D eigenvalue weighted by Crippen LogP contribution is -2.36. The van der Waals surface area contributed by atoms with Crippen LogP contribution in [0.15, 0.2) is 27.3 Å². The molecule has 0 aliphatic heterocycles. The molecular weight excluding hydrogens is 388 g/mol. The molecule has 0 spiro atoms. The Labute approximate surface area is 156 Å². The second-order valence-corrected chi connectivity index (χ2v) is 7.72. The van der Waals surface area contributed by atoms with Gasteiger partial charge in [-0.15, -0.1) is 0 Å². The third-order valence-electron chi connectivity index (χ3n) is 4.55. The van der Waals surface area contributed by atoms with E-state index in [4.69, 9.17) is 13.9 Å². The van der Waals surface area contributed by atoms with E-state index in [1.165, 1.54) is 18.6 Å². The van der Waals surface area contributed by atoms with Gasteiger partial charge in [0.15, 0.2) is 11.3 Å². The van der Waals surface area contributed by atoms with Crippen LogP contribution in [0.1, 0.15) is 45.8 Å². The average molecular weight is 413 g/mol. The molecule has 0 aromatic carbocycles. The minimum atomic E-state index is -0.609. The Morgan fingerprint density at radius 3 is 2.76 bits per heavy atom. The Bertz CT molecular complexity index is 619. The summed E-state index contributed by atoms with van der Waals surface area (Å²) in [7, 11) is 0. The lowest BCUT2D eigenvalue weighted by Gasteiger charge is -2.36. The molecule has 0 radical (unpaired) electrons. The van der Waals surface area contributed by atoms with Gasteiger partial charge in [0.2, 0.25) is 0 Å². The molecule has 0 N–H and O–H groups in total. The summed E-state index contributed by atoms with van der Waals surface area (Å²) in [6.45, 7) is 6.11. The van der Waals surface area contributed by atoms with Crippen molar-refractivity contribution in [2.24, 2.45) is 17.8 Å². The van der Waals surface area contributed by atoms with Crippen LogP contribution in [0.5, 0.6) is 0 Å². The number of furan rings is 1. The molecule has 2 rings (SSSR count). The first-order valence-electron chi connectivity index (χ1n) is 8.64. The van der Waals surface area contributed by atoms with Gasteiger partial charge in [0.1, 0.15) is 11.9 Å². The Morgan fingerprint density at radius 1 is 1.36 bits per heavy atom. The zero-order valence-electron chi connectivity index (χ0n) is 14.9. The summed E-state index contributed by atoms with van der Waals surface area (Å²) in [6.07, 6.45) is 5.72. The van der Waals surface area contributed by atoms with Crippen LogP contribution >= 0.6 is 15.9 Å². The van der Waals surface area contributed by atoms with Crippen LogP contribution in [-0.4, -0.2) is 24.6 Å². The van der Waals surface area contributed by atoms with E-state index in [0.717, 1.165) is 12.8 Å². The molecule has 1 aromatic heterocycles. The predicted octanol–water partition coefficient (Wildman–Crippen LogP) is 4.60. The molecule has 0 amide bonds. The predicted molar refractivity (Wildman–Crippen MR) is 97.6 cm³/mol. The SMILES string of the molecule is CC(C)[C@@H]1CC[C@@H](C)C[C@H]1OC(=O)COC(=O)/C=C/c1ccc(Br)o1. The molecule has 0 saturated heterocycles. The second kappa shape index (κ2) is 9.22. The largest absolute Gasteiger partial charge is 0.460 e. The van der Waals surface area contributed by atoms with Crippen LogP contribution < -0.4 is 0 Å². The maximum atomic E-state index is 12.0. The number of esters is 2. The molecule has 3 atom stereocenters. The van der Waals surface area contributed by atoms with Gasteiger partial charge >= 0.3 is 11.9 Å². The van der Waals surface area contributed by atoms with Crippen LogP contribution in [-0.2, 0) is 19.1 Å². The molecule has 1 heterocycles. The highest BCUT2D eigenvalue weighted by atomic mass is 79.9. The Balaban J connectivity index is 1.79. The van der Waals surface area contributed by atoms with Gasteiger partial charge in [0.25, 0.3) is 0 Å². The number of rotatable bonds is 6. The number of hydrogen-bond acceptors (Lipinski definition) is 5. The van der Waals surface area contributed by atoms with Crippen molar-refractivity contribution in [3.05, 3.63) is 28.6 Å². The topological polar surface area (TPSA) is 65.7 Å². The molecule has 1 aromatic rings. The van der Waals surface area contributed by atoms with Crippen LogP contribution in [0, 0.1) is 17.8 Å². The van der Waals surface area contributed by atoms with Gasteiger partial charge in [-0.3, -0.25) is 0 Å². The van der Waals surface area contributed by atoms with E-state index in [1.807, 2.05) is 0 Å². The molecular formula is C19H25BrO5. The van der Waals surface area contributed by atoms with E-state index in [-0.39, 0.29) is 12.7 Å². The molecule has 1 aliphatic carbocycles. The molecule has 1 aliphatic rings. The van der Waals surface area contributed by atoms with E-state index in [1.54, 1.807) is 12.1 Å². The Morgan fingerprint density at radius 2 is 2.12 bits per heavy atom. The minimum Gasteiger partial charge on any atom is -0.460 e. The van der Waals surface area contributed by atoms with Crippen molar-refractivity contribution in [2.45, 2.75) is 46.1 Å². The van der Waals surface area contributed by atoms with Crippen molar-refractivity contribution in [1.29, 1.82) is 0 Å².